The molecular weight excluding hydrogens is 486 g/mol. The Morgan fingerprint density at radius 1 is 0.848 bits per heavy atom. The minimum absolute atomic E-state index is 0.166. The van der Waals surface area contributed by atoms with Gasteiger partial charge in [-0.05, 0) is 12.0 Å². The summed E-state index contributed by atoms with van der Waals surface area (Å²) in [6.07, 6.45) is 1.89. The Balaban J connectivity index is 1.74. The van der Waals surface area contributed by atoms with E-state index in [0.29, 0.717) is 11.5 Å². The van der Waals surface area contributed by atoms with Gasteiger partial charge in [0.2, 0.25) is 0 Å². The van der Waals surface area contributed by atoms with Gasteiger partial charge in [-0.3, -0.25) is 0 Å². The van der Waals surface area contributed by atoms with Crippen LogP contribution in [0.3, 0.4) is 0 Å². The average molecular weight is 514 g/mol. The molecule has 166 valence electrons. The molecule has 2 heterocycles. The molecule has 0 bridgehead atoms. The van der Waals surface area contributed by atoms with E-state index in [1.165, 1.54) is 9.96 Å². The van der Waals surface area contributed by atoms with E-state index in [-0.39, 0.29) is 5.82 Å². The molecule has 0 saturated carbocycles. The van der Waals surface area contributed by atoms with Crippen molar-refractivity contribution in [2.75, 3.05) is 0 Å². The number of aromatic nitrogens is 1. The van der Waals surface area contributed by atoms with Crippen LogP contribution in [-0.4, -0.2) is 18.3 Å². The number of benzene rings is 3. The number of hydrogen-bond acceptors (Lipinski definition) is 2. The van der Waals surface area contributed by atoms with Crippen LogP contribution in [-0.2, 0) is 0 Å². The van der Waals surface area contributed by atoms with Gasteiger partial charge in [-0.2, -0.15) is 0 Å². The van der Waals surface area contributed by atoms with E-state index in [4.69, 9.17) is 0 Å². The van der Waals surface area contributed by atoms with Gasteiger partial charge in [-0.15, -0.1) is 0 Å². The van der Waals surface area contributed by atoms with Gasteiger partial charge >= 0.3 is 176 Å². The van der Waals surface area contributed by atoms with Gasteiger partial charge in [0, 0.05) is 0 Å². The minimum atomic E-state index is -1.92. The number of halogens is 1. The summed E-state index contributed by atoms with van der Waals surface area (Å²) >= 11 is -0.247. The Labute approximate surface area is 201 Å². The van der Waals surface area contributed by atoms with Crippen LogP contribution in [0.4, 0.5) is 4.39 Å². The predicted molar refractivity (Wildman–Crippen MR) is 145 cm³/mol. The number of pyridine rings is 1. The molecule has 5 rings (SSSR count). The summed E-state index contributed by atoms with van der Waals surface area (Å²) in [5.74, 6) is 7.42. The maximum atomic E-state index is 15.2. The Kier molecular flexibility index (Phi) is 5.66. The summed E-state index contributed by atoms with van der Waals surface area (Å²) < 4.78 is 18.8. The molecular formula is C29H28FGeNS. The zero-order chi connectivity index (χ0) is 23.3. The van der Waals surface area contributed by atoms with Crippen molar-refractivity contribution in [3.63, 3.8) is 0 Å². The molecule has 1 nitrogen and oxygen atoms in total. The second-order valence-corrected chi connectivity index (χ2v) is 21.7. The molecule has 0 atom stereocenters. The summed E-state index contributed by atoms with van der Waals surface area (Å²) in [5, 5.41) is 2.26. The fraction of sp³-hybridized carbons (Fsp3) is 0.207. The van der Waals surface area contributed by atoms with Crippen molar-refractivity contribution < 1.29 is 4.39 Å². The van der Waals surface area contributed by atoms with Gasteiger partial charge in [0.05, 0.1) is 0 Å². The molecule has 5 aromatic rings. The fourth-order valence-corrected chi connectivity index (χ4v) is 8.23. The van der Waals surface area contributed by atoms with Gasteiger partial charge in [-0.1, -0.05) is 13.8 Å². The maximum absolute atomic E-state index is 15.2. The number of fused-ring (bicyclic) bond motifs is 3. The van der Waals surface area contributed by atoms with Gasteiger partial charge in [0.25, 0.3) is 0 Å². The molecule has 0 aliphatic carbocycles. The molecule has 0 spiro atoms. The fourth-order valence-electron chi connectivity index (χ4n) is 4.40. The molecule has 0 amide bonds. The van der Waals surface area contributed by atoms with E-state index in [9.17, 15) is 0 Å². The second kappa shape index (κ2) is 8.37. The topological polar surface area (TPSA) is 12.9 Å². The standard InChI is InChI=1S/C29H28FGeNS/c1-18(2)20-15-16-32-26(17-20)24-8-6-7-22-23-13-14-25(30)27(29(23)33-28(22)24)19-9-11-21(12-10-19)31(3,4)5/h6-18H,1-5H3. The molecule has 3 aromatic carbocycles. The molecule has 0 radical (unpaired) electrons. The van der Waals surface area contributed by atoms with Crippen molar-refractivity contribution in [2.45, 2.75) is 37.0 Å². The van der Waals surface area contributed by atoms with Crippen LogP contribution in [0.1, 0.15) is 25.3 Å². The number of hydrogen-bond donors (Lipinski definition) is 0. The quantitative estimate of drug-likeness (QED) is 0.219. The SMILES string of the molecule is CC(C)c1ccnc(-c2cccc3c2sc2c(-c4cc[c]([Ge]([CH3])([CH3])[CH3])cc4)c(F)ccc23)c1. The molecule has 0 N–H and O–H groups in total. The third-order valence-corrected chi connectivity index (χ3v) is 12.0. The third kappa shape index (κ3) is 4.02. The van der Waals surface area contributed by atoms with E-state index in [0.717, 1.165) is 37.0 Å². The van der Waals surface area contributed by atoms with Crippen LogP contribution in [0.5, 0.6) is 0 Å². The average Bonchev–Trinajstić information content (AvgIpc) is 3.17. The summed E-state index contributed by atoms with van der Waals surface area (Å²) in [5.41, 5.74) is 5.01. The molecule has 0 saturated heterocycles. The van der Waals surface area contributed by atoms with Crippen LogP contribution in [0, 0.1) is 5.82 Å². The first-order valence-corrected chi connectivity index (χ1v) is 19.6. The number of nitrogens with zero attached hydrogens (tertiary/aromatic N) is 1. The number of rotatable bonds is 4. The second-order valence-electron chi connectivity index (χ2n) is 10.0. The van der Waals surface area contributed by atoms with E-state index in [2.05, 4.69) is 90.7 Å². The molecule has 0 aliphatic rings. The van der Waals surface area contributed by atoms with E-state index in [1.54, 1.807) is 17.4 Å². The van der Waals surface area contributed by atoms with Crippen LogP contribution in [0.2, 0.25) is 17.3 Å². The monoisotopic (exact) mass is 515 g/mol. The normalized spacial score (nSPS) is 12.2. The molecule has 33 heavy (non-hydrogen) atoms. The third-order valence-electron chi connectivity index (χ3n) is 6.38. The first-order valence-electron chi connectivity index (χ1n) is 11.4. The molecule has 2 aromatic heterocycles. The van der Waals surface area contributed by atoms with Crippen molar-refractivity contribution in [3.05, 3.63) is 84.3 Å². The van der Waals surface area contributed by atoms with Gasteiger partial charge in [0.1, 0.15) is 0 Å². The van der Waals surface area contributed by atoms with Crippen molar-refractivity contribution in [1.82, 2.24) is 4.98 Å². The predicted octanol–water partition coefficient (Wildman–Crippen LogP) is 8.59. The Bertz CT molecular complexity index is 1480. The summed E-state index contributed by atoms with van der Waals surface area (Å²) in [4.78, 5) is 4.68. The van der Waals surface area contributed by atoms with Crippen molar-refractivity contribution in [3.8, 4) is 22.4 Å². The molecule has 4 heteroatoms. The van der Waals surface area contributed by atoms with Crippen LogP contribution in [0.15, 0.2) is 72.9 Å². The molecule has 0 aliphatic heterocycles. The zero-order valence-electron chi connectivity index (χ0n) is 19.7. The summed E-state index contributed by atoms with van der Waals surface area (Å²) in [7, 11) is 0. The van der Waals surface area contributed by atoms with Gasteiger partial charge < -0.3 is 0 Å². The summed E-state index contributed by atoms with van der Waals surface area (Å²) in [6.45, 7) is 4.39. The van der Waals surface area contributed by atoms with Gasteiger partial charge in [0.15, 0.2) is 0 Å². The van der Waals surface area contributed by atoms with Crippen molar-refractivity contribution >= 4 is 49.2 Å². The Hall–Kier alpha value is -2.50. The zero-order valence-corrected chi connectivity index (χ0v) is 22.7. The van der Waals surface area contributed by atoms with Crippen LogP contribution < -0.4 is 4.40 Å². The first-order chi connectivity index (χ1) is 15.7. The molecule has 0 fully saturated rings. The Morgan fingerprint density at radius 3 is 2.27 bits per heavy atom. The van der Waals surface area contributed by atoms with Crippen LogP contribution >= 0.6 is 11.3 Å². The van der Waals surface area contributed by atoms with E-state index < -0.39 is 13.3 Å². The van der Waals surface area contributed by atoms with Crippen molar-refractivity contribution in [2.24, 2.45) is 0 Å². The summed E-state index contributed by atoms with van der Waals surface area (Å²) in [6, 6.07) is 22.8. The van der Waals surface area contributed by atoms with Crippen LogP contribution in [0.25, 0.3) is 42.6 Å². The Morgan fingerprint density at radius 2 is 1.58 bits per heavy atom. The van der Waals surface area contributed by atoms with E-state index >= 15 is 4.39 Å². The molecule has 0 unspecified atom stereocenters. The van der Waals surface area contributed by atoms with Gasteiger partial charge in [-0.25, -0.2) is 0 Å². The van der Waals surface area contributed by atoms with Crippen molar-refractivity contribution in [1.29, 1.82) is 0 Å². The number of thiophene rings is 1. The first kappa shape index (κ1) is 22.3. The van der Waals surface area contributed by atoms with E-state index in [1.807, 2.05) is 12.3 Å².